The number of epoxide rings is 1. The number of hydrogen-bond acceptors (Lipinski definition) is 18. The highest BCUT2D eigenvalue weighted by molar-refractivity contribution is 7.80. The van der Waals surface area contributed by atoms with Crippen molar-refractivity contribution in [1.29, 1.82) is 0 Å². The third-order valence-electron chi connectivity index (χ3n) is 15.8. The van der Waals surface area contributed by atoms with E-state index in [2.05, 4.69) is 21.3 Å². The number of hydrogen-bond donors (Lipinski definition) is 6. The van der Waals surface area contributed by atoms with Gasteiger partial charge in [-0.2, -0.15) is 0 Å². The number of carbonyl (C=O) groups excluding carboxylic acids is 9. The third kappa shape index (κ3) is 19.8. The van der Waals surface area contributed by atoms with Gasteiger partial charge in [-0.3, -0.25) is 34.1 Å². The van der Waals surface area contributed by atoms with E-state index in [1.165, 1.54) is 12.0 Å². The molecule has 0 unspecified atom stereocenters. The van der Waals surface area contributed by atoms with Crippen LogP contribution in [-0.4, -0.2) is 164 Å². The van der Waals surface area contributed by atoms with Gasteiger partial charge in [0.1, 0.15) is 29.5 Å². The molecule has 3 fully saturated rings. The molecule has 9 atom stereocenters. The molecular weight excluding hydrogens is 1170 g/mol. The Hall–Kier alpha value is -6.87. The predicted molar refractivity (Wildman–Crippen MR) is 323 cm³/mol. The number of ether oxygens (including phenoxy) is 6. The number of hydroxylamine groups is 2. The molecule has 0 aromatic heterocycles. The van der Waals surface area contributed by atoms with Gasteiger partial charge in [-0.15, -0.1) is 5.06 Å². The van der Waals surface area contributed by atoms with Crippen LogP contribution >= 0.6 is 23.8 Å². The number of primary amides is 1. The zero-order valence-corrected chi connectivity index (χ0v) is 52.1. The number of nitrogens with zero attached hydrogens (tertiary/aromatic N) is 2. The summed E-state index contributed by atoms with van der Waals surface area (Å²) in [6, 6.07) is 8.50. The summed E-state index contributed by atoms with van der Waals surface area (Å²) in [6.45, 7) is 12.1. The van der Waals surface area contributed by atoms with Gasteiger partial charge in [-0.1, -0.05) is 86.6 Å². The largest absolute Gasteiger partial charge is 0.462 e. The monoisotopic (exact) mass is 1250 g/mol. The molecule has 3 saturated heterocycles. The van der Waals surface area contributed by atoms with Gasteiger partial charge in [0.25, 0.3) is 11.8 Å². The van der Waals surface area contributed by atoms with E-state index in [1.807, 2.05) is 45.9 Å². The minimum absolute atomic E-state index is 0.000570. The second-order valence-electron chi connectivity index (χ2n) is 23.0. The van der Waals surface area contributed by atoms with E-state index in [1.54, 1.807) is 57.3 Å². The van der Waals surface area contributed by atoms with Gasteiger partial charge >= 0.3 is 24.1 Å². The van der Waals surface area contributed by atoms with Crippen LogP contribution in [0.25, 0.3) is 0 Å². The maximum Gasteiger partial charge on any atom is 0.412 e. The Balaban J connectivity index is 1.06. The van der Waals surface area contributed by atoms with E-state index >= 15 is 0 Å². The molecule has 4 aliphatic rings. The van der Waals surface area contributed by atoms with Crippen molar-refractivity contribution in [3.63, 3.8) is 0 Å². The van der Waals surface area contributed by atoms with Gasteiger partial charge in [-0.25, -0.2) is 14.4 Å². The number of methoxy groups -OCH3 is 1. The first-order valence-electron chi connectivity index (χ1n) is 29.2. The smallest absolute Gasteiger partial charge is 0.412 e. The van der Waals surface area contributed by atoms with Gasteiger partial charge in [-0.05, 0) is 80.8 Å². The molecule has 0 saturated carbocycles. The minimum Gasteiger partial charge on any atom is -0.462 e. The Morgan fingerprint density at radius 1 is 0.954 bits per heavy atom. The number of esters is 1. The lowest BCUT2D eigenvalue weighted by atomic mass is 9.78. The van der Waals surface area contributed by atoms with E-state index in [-0.39, 0.29) is 102 Å². The minimum atomic E-state index is -1.63. The second-order valence-corrected chi connectivity index (χ2v) is 23.9. The standard InChI is InChI=1S/C61H82ClN7O17S/c1-35(2)42(31-49(87)64-22-24-82-26-25-81-23-20-53(74)86-69-50(71)18-19-51(69)72)57(76)67-43(12-10-21-65-58(63)77)45(70)30-39-14-16-41(17-15-39)66-59(78)84-48-32-52(73)68(7)44-29-40(28-37(4)55(44)62)27-36(3)11-9-13-47(80-8)61(79)33-46(83-54(75)34-61)38(5)56-60(48,6)85-56/h9,11,13-17,28-29,35,38,42-43,46-48,56,79H,10,12,18-27,30-34H2,1-8H3,(H,64,87)(H,66,78)(H,67,76)(H3,63,65,77)/b13-9+,36-11+/t38-,42+,43+,46+,47-,48+,56+,60+,61-/m1/s1. The Morgan fingerprint density at radius 2 is 1.64 bits per heavy atom. The van der Waals surface area contributed by atoms with Crippen LogP contribution in [0.15, 0.2) is 60.2 Å². The highest BCUT2D eigenvalue weighted by atomic mass is 35.5. The lowest BCUT2D eigenvalue weighted by Crippen LogP contribution is -2.53. The number of benzene rings is 2. The molecule has 4 heterocycles. The molecule has 7 N–H and O–H groups in total. The summed E-state index contributed by atoms with van der Waals surface area (Å²) in [5.41, 5.74) is 6.26. The van der Waals surface area contributed by atoms with E-state index in [4.69, 9.17) is 62.8 Å². The number of urea groups is 1. The number of amides is 7. The van der Waals surface area contributed by atoms with Gasteiger partial charge in [0, 0.05) is 76.9 Å². The van der Waals surface area contributed by atoms with Crippen molar-refractivity contribution in [3.05, 3.63) is 81.9 Å². The first kappa shape index (κ1) is 69.2. The molecule has 0 spiro atoms. The number of halogens is 1. The fourth-order valence-electron chi connectivity index (χ4n) is 10.8. The van der Waals surface area contributed by atoms with Gasteiger partial charge in [0.15, 0.2) is 5.78 Å². The lowest BCUT2D eigenvalue weighted by Gasteiger charge is -2.41. The van der Waals surface area contributed by atoms with Crippen LogP contribution in [0.5, 0.6) is 0 Å². The first-order chi connectivity index (χ1) is 41.2. The number of imide groups is 1. The summed E-state index contributed by atoms with van der Waals surface area (Å²) in [6.07, 6.45) is 1.10. The van der Waals surface area contributed by atoms with Crippen LogP contribution in [0, 0.1) is 24.7 Å². The van der Waals surface area contributed by atoms with Crippen molar-refractivity contribution < 1.29 is 81.5 Å². The van der Waals surface area contributed by atoms with E-state index in [9.17, 15) is 48.3 Å². The van der Waals surface area contributed by atoms with Crippen molar-refractivity contribution in [2.24, 2.45) is 23.5 Å². The van der Waals surface area contributed by atoms with Gasteiger partial charge in [0.05, 0.1) is 73.5 Å². The molecule has 2 aromatic carbocycles. The number of nitrogens with one attached hydrogen (secondary N) is 4. The summed E-state index contributed by atoms with van der Waals surface area (Å²) in [5, 5.41) is 24.1. The van der Waals surface area contributed by atoms with E-state index in [0.29, 0.717) is 51.4 Å². The van der Waals surface area contributed by atoms with Crippen molar-refractivity contribution in [1.82, 2.24) is 21.0 Å². The number of ketones is 1. The molecule has 4 bridgehead atoms. The topological polar surface area (TPSA) is 322 Å². The Kier molecular flexibility index (Phi) is 25.4. The van der Waals surface area contributed by atoms with Crippen LogP contribution < -0.4 is 31.9 Å². The fraction of sp³-hybridized carbons (Fsp3) is 0.574. The molecular formula is C61H82ClN7O17S. The van der Waals surface area contributed by atoms with Crippen LogP contribution in [0.4, 0.5) is 21.0 Å². The molecule has 4 aliphatic heterocycles. The fourth-order valence-corrected chi connectivity index (χ4v) is 11.3. The van der Waals surface area contributed by atoms with Crippen molar-refractivity contribution >= 4 is 93.7 Å². The number of aryl methyl sites for hydroxylation is 1. The molecule has 7 amide bonds. The molecule has 24 nitrogen and oxygen atoms in total. The number of nitrogens with two attached hydrogens (primary N) is 1. The first-order valence-corrected chi connectivity index (χ1v) is 29.9. The number of rotatable bonds is 25. The van der Waals surface area contributed by atoms with Crippen LogP contribution in [0.2, 0.25) is 5.02 Å². The second kappa shape index (κ2) is 31.9. The average Bonchev–Trinajstić information content (AvgIpc) is 1.61. The molecule has 6 rings (SSSR count). The number of thiocarbonyl (C=S) groups is 1. The number of allylic oxidation sites excluding steroid dienone is 3. The SMILES string of the molecule is CO[C@@H]1/C=C/C=C(\C)Cc2cc(C)c(Cl)c(c2)N(C)C(=O)C[C@H](OC(=O)Nc2ccc(CC(=O)[C@H](CCCNC(N)=O)NC(=O)[C@@H](CC(=S)NCCOCCOCCC(=O)ON3C(=O)CCC3=O)C(C)C)cc2)[C@]2(C)O[C@H]2[C@H](C)[C@@H]2C[C@@]1(O)CC(=O)O2. The van der Waals surface area contributed by atoms with Crippen molar-refractivity contribution in [2.75, 3.05) is 63.9 Å². The lowest BCUT2D eigenvalue weighted by molar-refractivity contribution is -0.198. The summed E-state index contributed by atoms with van der Waals surface area (Å²) in [7, 11) is 3.05. The third-order valence-corrected chi connectivity index (χ3v) is 16.6. The van der Waals surface area contributed by atoms with E-state index < -0.39 is 101 Å². The number of carbonyl (C=O) groups is 9. The van der Waals surface area contributed by atoms with Crippen LogP contribution in [0.1, 0.15) is 109 Å². The summed E-state index contributed by atoms with van der Waals surface area (Å²) < 4.78 is 35.0. The van der Waals surface area contributed by atoms with Crippen molar-refractivity contribution in [2.45, 2.75) is 154 Å². The van der Waals surface area contributed by atoms with Gasteiger partial charge < -0.3 is 64.9 Å². The molecule has 0 aliphatic carbocycles. The Bertz CT molecular complexity index is 2910. The van der Waals surface area contributed by atoms with Crippen LogP contribution in [-0.2, 0) is 79.7 Å². The number of anilines is 2. The summed E-state index contributed by atoms with van der Waals surface area (Å²) >= 11 is 12.4. The normalized spacial score (nSPS) is 24.8. The summed E-state index contributed by atoms with van der Waals surface area (Å²) in [4.78, 5) is 123. The van der Waals surface area contributed by atoms with Crippen molar-refractivity contribution in [3.8, 4) is 0 Å². The molecule has 476 valence electrons. The Labute approximate surface area is 517 Å². The van der Waals surface area contributed by atoms with Gasteiger partial charge in [0.2, 0.25) is 11.8 Å². The average molecular weight is 1250 g/mol. The highest BCUT2D eigenvalue weighted by Gasteiger charge is 2.64. The Morgan fingerprint density at radius 3 is 2.31 bits per heavy atom. The predicted octanol–water partition coefficient (Wildman–Crippen LogP) is 5.58. The summed E-state index contributed by atoms with van der Waals surface area (Å²) in [5.74, 6) is -5.04. The number of aliphatic hydroxyl groups is 1. The highest BCUT2D eigenvalue weighted by Crippen LogP contribution is 2.50. The maximum absolute atomic E-state index is 14.4. The molecule has 0 radical (unpaired) electrons. The molecule has 87 heavy (non-hydrogen) atoms. The number of Topliss-reactive ketones (excluding diaryl/α,β-unsaturated/α-hetero) is 1. The quantitative estimate of drug-likeness (QED) is 0.0232. The zero-order chi connectivity index (χ0) is 63.8. The number of fused-ring (bicyclic) bond motifs is 5. The van der Waals surface area contributed by atoms with E-state index in [0.717, 1.165) is 16.7 Å². The maximum atomic E-state index is 14.4. The van der Waals surface area contributed by atoms with Crippen LogP contribution in [0.3, 0.4) is 0 Å². The zero-order valence-electron chi connectivity index (χ0n) is 50.6. The molecule has 2 aromatic rings. The molecule has 26 heteroatoms.